The first-order chi connectivity index (χ1) is 14.1. The number of fused-ring (bicyclic) bond motifs is 1. The van der Waals surface area contributed by atoms with Crippen LogP contribution in [-0.4, -0.2) is 27.4 Å². The van der Waals surface area contributed by atoms with Crippen LogP contribution in [0.1, 0.15) is 24.5 Å². The van der Waals surface area contributed by atoms with E-state index in [9.17, 15) is 15.0 Å². The number of phenols is 1. The summed E-state index contributed by atoms with van der Waals surface area (Å²) in [5.41, 5.74) is 2.19. The number of carbonyl (C=O) groups excluding carboxylic acids is 1. The van der Waals surface area contributed by atoms with E-state index >= 15 is 0 Å². The second kappa shape index (κ2) is 9.73. The Morgan fingerprint density at radius 3 is 2.41 bits per heavy atom. The van der Waals surface area contributed by atoms with E-state index in [-0.39, 0.29) is 5.75 Å². The van der Waals surface area contributed by atoms with Crippen LogP contribution in [0.2, 0.25) is 0 Å². The molecule has 0 aromatic heterocycles. The van der Waals surface area contributed by atoms with Crippen molar-refractivity contribution >= 4 is 16.7 Å². The second-order valence-electron chi connectivity index (χ2n) is 6.59. The van der Waals surface area contributed by atoms with Gasteiger partial charge in [0.15, 0.2) is 0 Å². The number of amides is 1. The quantitative estimate of drug-likeness (QED) is 0.265. The van der Waals surface area contributed by atoms with Crippen LogP contribution in [0.3, 0.4) is 0 Å². The third kappa shape index (κ3) is 5.13. The third-order valence-corrected chi connectivity index (χ3v) is 4.63. The number of ether oxygens (including phenoxy) is 1. The number of carbonyl (C=O) groups is 1. The largest absolute Gasteiger partial charge is 0.507 e. The summed E-state index contributed by atoms with van der Waals surface area (Å²) in [7, 11) is 0. The topological polar surface area (TPSA) is 99.0 Å². The Morgan fingerprint density at radius 1 is 1.00 bits per heavy atom. The van der Waals surface area contributed by atoms with Gasteiger partial charge in [-0.25, -0.2) is 5.48 Å². The lowest BCUT2D eigenvalue weighted by molar-refractivity contribution is -0.124. The first kappa shape index (κ1) is 20.4. The summed E-state index contributed by atoms with van der Waals surface area (Å²) in [6.45, 7) is 0. The molecule has 0 aliphatic carbocycles. The highest BCUT2D eigenvalue weighted by Crippen LogP contribution is 2.34. The molecule has 6 nitrogen and oxygen atoms in total. The maximum Gasteiger partial charge on any atom is 0.267 e. The predicted molar refractivity (Wildman–Crippen MR) is 110 cm³/mol. The molecular weight excluding hydrogens is 370 g/mol. The summed E-state index contributed by atoms with van der Waals surface area (Å²) in [4.78, 5) is 11.1. The van der Waals surface area contributed by atoms with E-state index in [0.29, 0.717) is 29.5 Å². The molecule has 0 saturated heterocycles. The fraction of sp³-hybridized carbons (Fsp3) is 0.174. The zero-order chi connectivity index (χ0) is 20.6. The second-order valence-corrected chi connectivity index (χ2v) is 6.59. The molecule has 0 bridgehead atoms. The molecule has 3 aromatic carbocycles. The Morgan fingerprint density at radius 2 is 1.69 bits per heavy atom. The van der Waals surface area contributed by atoms with Crippen molar-refractivity contribution in [3.63, 3.8) is 0 Å². The molecule has 3 aromatic rings. The molecule has 0 saturated carbocycles. The number of aromatic hydroxyl groups is 1. The summed E-state index contributed by atoms with van der Waals surface area (Å²) in [5.74, 6) is 0.155. The lowest BCUT2D eigenvalue weighted by Crippen LogP contribution is -2.25. The van der Waals surface area contributed by atoms with Crippen molar-refractivity contribution in [2.75, 3.05) is 0 Å². The molecule has 4 N–H and O–H groups in total. The molecule has 1 amide bonds. The molecule has 0 unspecified atom stereocenters. The smallest absolute Gasteiger partial charge is 0.267 e. The Labute approximate surface area is 168 Å². The maximum atomic E-state index is 11.1. The number of hydrogen-bond donors (Lipinski definition) is 4. The number of benzene rings is 3. The van der Waals surface area contributed by atoms with Crippen molar-refractivity contribution in [1.29, 1.82) is 0 Å². The predicted octanol–water partition coefficient (Wildman–Crippen LogP) is 3.87. The number of rotatable bonds is 8. The van der Waals surface area contributed by atoms with E-state index in [2.05, 4.69) is 0 Å². The standard InChI is InChI=1S/C23H23NO5/c25-20-15-14-19(17-10-4-5-11-18(17)20)23(27)21(12-6-7-13-22(26)24-28)29-16-8-2-1-3-9-16/h1-5,7-11,13-15,21,23,25,27-28H,6,12H2,(H,24,26)/b13-7+/t21-,23-/m1/s1. The molecule has 29 heavy (non-hydrogen) atoms. The van der Waals surface area contributed by atoms with Crippen LogP contribution >= 0.6 is 0 Å². The van der Waals surface area contributed by atoms with Gasteiger partial charge in [0.05, 0.1) is 0 Å². The van der Waals surface area contributed by atoms with Crippen LogP contribution in [0.25, 0.3) is 10.8 Å². The highest BCUT2D eigenvalue weighted by Gasteiger charge is 2.24. The number of hydrogen-bond acceptors (Lipinski definition) is 5. The Bertz CT molecular complexity index is 987. The van der Waals surface area contributed by atoms with Gasteiger partial charge in [0.25, 0.3) is 5.91 Å². The average molecular weight is 393 g/mol. The number of para-hydroxylation sites is 1. The molecule has 3 rings (SSSR count). The van der Waals surface area contributed by atoms with Gasteiger partial charge >= 0.3 is 0 Å². The van der Waals surface area contributed by atoms with Gasteiger partial charge in [0.1, 0.15) is 23.7 Å². The van der Waals surface area contributed by atoms with Gasteiger partial charge in [0, 0.05) is 11.5 Å². The van der Waals surface area contributed by atoms with Crippen LogP contribution in [0.4, 0.5) is 0 Å². The molecule has 0 aliphatic rings. The van der Waals surface area contributed by atoms with Gasteiger partial charge in [-0.15, -0.1) is 0 Å². The number of aliphatic hydroxyl groups is 1. The first-order valence-electron chi connectivity index (χ1n) is 9.31. The van der Waals surface area contributed by atoms with Crippen molar-refractivity contribution in [2.45, 2.75) is 25.0 Å². The van der Waals surface area contributed by atoms with Crippen molar-refractivity contribution in [2.24, 2.45) is 0 Å². The summed E-state index contributed by atoms with van der Waals surface area (Å²) >= 11 is 0. The van der Waals surface area contributed by atoms with Gasteiger partial charge in [-0.3, -0.25) is 10.0 Å². The van der Waals surface area contributed by atoms with Crippen LogP contribution in [0.5, 0.6) is 11.5 Å². The molecule has 0 spiro atoms. The van der Waals surface area contributed by atoms with Crippen molar-refractivity contribution in [1.82, 2.24) is 5.48 Å². The summed E-state index contributed by atoms with van der Waals surface area (Å²) in [6.07, 6.45) is 2.17. The fourth-order valence-electron chi connectivity index (χ4n) is 3.21. The first-order valence-corrected chi connectivity index (χ1v) is 9.31. The maximum absolute atomic E-state index is 11.1. The number of nitrogens with one attached hydrogen (secondary N) is 1. The zero-order valence-corrected chi connectivity index (χ0v) is 15.7. The SMILES string of the molecule is O=C(/C=C/CC[C@@H](Oc1ccccc1)[C@H](O)c1ccc(O)c2ccccc12)NO. The van der Waals surface area contributed by atoms with Crippen LogP contribution in [0, 0.1) is 0 Å². The zero-order valence-electron chi connectivity index (χ0n) is 15.7. The minimum absolute atomic E-state index is 0.148. The van der Waals surface area contributed by atoms with Crippen LogP contribution in [0.15, 0.2) is 78.9 Å². The van der Waals surface area contributed by atoms with Crippen molar-refractivity contribution in [3.8, 4) is 11.5 Å². The average Bonchev–Trinajstić information content (AvgIpc) is 2.76. The number of aliphatic hydroxyl groups excluding tert-OH is 1. The van der Waals surface area contributed by atoms with E-state index in [0.717, 1.165) is 5.39 Å². The van der Waals surface area contributed by atoms with E-state index in [1.54, 1.807) is 24.3 Å². The number of hydroxylamine groups is 1. The van der Waals surface area contributed by atoms with Crippen molar-refractivity contribution in [3.05, 3.63) is 84.4 Å². The summed E-state index contributed by atoms with van der Waals surface area (Å²) < 4.78 is 6.05. The van der Waals surface area contributed by atoms with E-state index < -0.39 is 18.1 Å². The normalized spacial score (nSPS) is 13.3. The molecular formula is C23H23NO5. The van der Waals surface area contributed by atoms with Crippen LogP contribution < -0.4 is 10.2 Å². The number of allylic oxidation sites excluding steroid dienone is 1. The van der Waals surface area contributed by atoms with E-state index in [1.165, 1.54) is 11.6 Å². The molecule has 0 radical (unpaired) electrons. The van der Waals surface area contributed by atoms with Crippen molar-refractivity contribution < 1.29 is 25.0 Å². The fourth-order valence-corrected chi connectivity index (χ4v) is 3.21. The minimum Gasteiger partial charge on any atom is -0.507 e. The molecule has 0 fully saturated rings. The number of phenolic OH excluding ortho intramolecular Hbond substituents is 1. The highest BCUT2D eigenvalue weighted by atomic mass is 16.5. The van der Waals surface area contributed by atoms with E-state index in [4.69, 9.17) is 9.94 Å². The molecule has 150 valence electrons. The lowest BCUT2D eigenvalue weighted by Gasteiger charge is -2.25. The Balaban J connectivity index is 1.87. The molecule has 6 heteroatoms. The summed E-state index contributed by atoms with van der Waals surface area (Å²) in [6, 6.07) is 19.8. The monoisotopic (exact) mass is 393 g/mol. The van der Waals surface area contributed by atoms with Gasteiger partial charge < -0.3 is 14.9 Å². The van der Waals surface area contributed by atoms with Gasteiger partial charge in [0.2, 0.25) is 0 Å². The van der Waals surface area contributed by atoms with Crippen LogP contribution in [-0.2, 0) is 4.79 Å². The van der Waals surface area contributed by atoms with Gasteiger partial charge in [-0.2, -0.15) is 0 Å². The third-order valence-electron chi connectivity index (χ3n) is 4.63. The van der Waals surface area contributed by atoms with Gasteiger partial charge in [-0.1, -0.05) is 54.6 Å². The van der Waals surface area contributed by atoms with Gasteiger partial charge in [-0.05, 0) is 42.0 Å². The Kier molecular flexibility index (Phi) is 6.84. The lowest BCUT2D eigenvalue weighted by atomic mass is 9.94. The minimum atomic E-state index is -0.958. The van der Waals surface area contributed by atoms with E-state index in [1.807, 2.05) is 48.5 Å². The molecule has 0 heterocycles. The summed E-state index contributed by atoms with van der Waals surface area (Å²) in [5, 5.41) is 31.2. The molecule has 0 aliphatic heterocycles. The molecule has 2 atom stereocenters. The highest BCUT2D eigenvalue weighted by molar-refractivity contribution is 5.91. The Hall–Kier alpha value is -3.35.